The first kappa shape index (κ1) is 13.1. The van der Waals surface area contributed by atoms with Gasteiger partial charge in [-0.05, 0) is 18.9 Å². The number of ketones is 1. The van der Waals surface area contributed by atoms with Gasteiger partial charge in [0.05, 0.1) is 13.2 Å². The highest BCUT2D eigenvalue weighted by Gasteiger charge is 2.32. The molecular weight excluding hydrogens is 228 g/mol. The van der Waals surface area contributed by atoms with Gasteiger partial charge in [-0.25, -0.2) is 0 Å². The van der Waals surface area contributed by atoms with Crippen LogP contribution in [0.3, 0.4) is 0 Å². The Kier molecular flexibility index (Phi) is 4.37. The number of carbonyl (C=O) groups is 1. The Bertz CT molecular complexity index is 414. The van der Waals surface area contributed by atoms with E-state index >= 15 is 0 Å². The second-order valence-electron chi connectivity index (χ2n) is 4.67. The Hall–Kier alpha value is -1.35. The van der Waals surface area contributed by atoms with Crippen molar-refractivity contribution in [3.05, 3.63) is 29.8 Å². The molecule has 2 atom stereocenters. The number of carbonyl (C=O) groups excluding carboxylic acids is 1. The lowest BCUT2D eigenvalue weighted by molar-refractivity contribution is -0.123. The highest BCUT2D eigenvalue weighted by Crippen LogP contribution is 2.27. The Morgan fingerprint density at radius 3 is 2.94 bits per heavy atom. The van der Waals surface area contributed by atoms with Crippen LogP contribution in [0.1, 0.15) is 25.3 Å². The van der Waals surface area contributed by atoms with Crippen molar-refractivity contribution < 1.29 is 14.3 Å². The molecule has 2 rings (SSSR count). The SMILES string of the molecule is CCC1OCCC1C(=O)Cc1ccccc1OC. The van der Waals surface area contributed by atoms with Crippen molar-refractivity contribution in [2.45, 2.75) is 32.3 Å². The van der Waals surface area contributed by atoms with Crippen molar-refractivity contribution in [2.24, 2.45) is 5.92 Å². The summed E-state index contributed by atoms with van der Waals surface area (Å²) in [4.78, 5) is 12.3. The van der Waals surface area contributed by atoms with Gasteiger partial charge in [0.1, 0.15) is 11.5 Å². The number of benzene rings is 1. The zero-order valence-electron chi connectivity index (χ0n) is 11.0. The molecular formula is C15H20O3. The highest BCUT2D eigenvalue weighted by atomic mass is 16.5. The van der Waals surface area contributed by atoms with E-state index in [-0.39, 0.29) is 17.8 Å². The Morgan fingerprint density at radius 1 is 1.44 bits per heavy atom. The van der Waals surface area contributed by atoms with Gasteiger partial charge in [0.25, 0.3) is 0 Å². The van der Waals surface area contributed by atoms with Gasteiger partial charge >= 0.3 is 0 Å². The van der Waals surface area contributed by atoms with E-state index in [1.165, 1.54) is 0 Å². The fourth-order valence-electron chi connectivity index (χ4n) is 2.59. The fourth-order valence-corrected chi connectivity index (χ4v) is 2.59. The van der Waals surface area contributed by atoms with Crippen molar-refractivity contribution in [3.63, 3.8) is 0 Å². The van der Waals surface area contributed by atoms with Crippen molar-refractivity contribution in [1.29, 1.82) is 0 Å². The molecule has 1 heterocycles. The fraction of sp³-hybridized carbons (Fsp3) is 0.533. The third-order valence-corrected chi connectivity index (χ3v) is 3.58. The lowest BCUT2D eigenvalue weighted by atomic mass is 9.91. The van der Waals surface area contributed by atoms with Crippen LogP contribution < -0.4 is 4.74 Å². The van der Waals surface area contributed by atoms with E-state index < -0.39 is 0 Å². The molecule has 0 aliphatic carbocycles. The van der Waals surface area contributed by atoms with Crippen LogP contribution >= 0.6 is 0 Å². The molecule has 1 aromatic rings. The number of rotatable bonds is 5. The van der Waals surface area contributed by atoms with Gasteiger partial charge in [0.15, 0.2) is 0 Å². The second-order valence-corrected chi connectivity index (χ2v) is 4.67. The van der Waals surface area contributed by atoms with Crippen molar-refractivity contribution in [3.8, 4) is 5.75 Å². The molecule has 0 radical (unpaired) electrons. The highest BCUT2D eigenvalue weighted by molar-refractivity contribution is 5.84. The zero-order valence-corrected chi connectivity index (χ0v) is 11.0. The molecule has 1 fully saturated rings. The standard InChI is InChI=1S/C15H20O3/c1-3-14-12(8-9-18-14)13(16)10-11-6-4-5-7-15(11)17-2/h4-7,12,14H,3,8-10H2,1-2H3. The Morgan fingerprint density at radius 2 is 2.22 bits per heavy atom. The van der Waals surface area contributed by atoms with Gasteiger partial charge in [-0.1, -0.05) is 25.1 Å². The van der Waals surface area contributed by atoms with Crippen molar-refractivity contribution >= 4 is 5.78 Å². The van der Waals surface area contributed by atoms with Gasteiger partial charge in [-0.15, -0.1) is 0 Å². The normalized spacial score (nSPS) is 23.0. The summed E-state index contributed by atoms with van der Waals surface area (Å²) >= 11 is 0. The molecule has 0 N–H and O–H groups in total. The van der Waals surface area contributed by atoms with Crippen LogP contribution in [0.4, 0.5) is 0 Å². The first-order valence-electron chi connectivity index (χ1n) is 6.52. The van der Waals surface area contributed by atoms with Crippen LogP contribution in [-0.4, -0.2) is 25.6 Å². The first-order valence-corrected chi connectivity index (χ1v) is 6.52. The molecule has 0 amide bonds. The summed E-state index contributed by atoms with van der Waals surface area (Å²) in [6.07, 6.45) is 2.30. The van der Waals surface area contributed by atoms with Crippen molar-refractivity contribution in [1.82, 2.24) is 0 Å². The summed E-state index contributed by atoms with van der Waals surface area (Å²) in [5, 5.41) is 0. The molecule has 0 aromatic heterocycles. The molecule has 1 aromatic carbocycles. The van der Waals surface area contributed by atoms with E-state index in [4.69, 9.17) is 9.47 Å². The van der Waals surface area contributed by atoms with E-state index in [9.17, 15) is 4.79 Å². The average Bonchev–Trinajstić information content (AvgIpc) is 2.87. The van der Waals surface area contributed by atoms with Gasteiger partial charge in [-0.2, -0.15) is 0 Å². The summed E-state index contributed by atoms with van der Waals surface area (Å²) in [5.41, 5.74) is 0.965. The Balaban J connectivity index is 2.07. The molecule has 18 heavy (non-hydrogen) atoms. The monoisotopic (exact) mass is 248 g/mol. The zero-order chi connectivity index (χ0) is 13.0. The van der Waals surface area contributed by atoms with E-state index in [2.05, 4.69) is 6.92 Å². The van der Waals surface area contributed by atoms with Crippen LogP contribution in [0.2, 0.25) is 0 Å². The van der Waals surface area contributed by atoms with Gasteiger partial charge < -0.3 is 9.47 Å². The van der Waals surface area contributed by atoms with Crippen LogP contribution in [0, 0.1) is 5.92 Å². The minimum absolute atomic E-state index is 0.0555. The summed E-state index contributed by atoms with van der Waals surface area (Å²) in [7, 11) is 1.64. The number of Topliss-reactive ketones (excluding diaryl/α,β-unsaturated/α-hetero) is 1. The molecule has 1 aliphatic heterocycles. The third-order valence-electron chi connectivity index (χ3n) is 3.58. The molecule has 2 unspecified atom stereocenters. The van der Waals surface area contributed by atoms with Gasteiger partial charge in [0.2, 0.25) is 0 Å². The largest absolute Gasteiger partial charge is 0.496 e. The number of hydrogen-bond acceptors (Lipinski definition) is 3. The third kappa shape index (κ3) is 2.72. The van der Waals surface area contributed by atoms with Gasteiger partial charge in [0, 0.05) is 24.5 Å². The van der Waals surface area contributed by atoms with E-state index in [1.807, 2.05) is 24.3 Å². The van der Waals surface area contributed by atoms with Crippen molar-refractivity contribution in [2.75, 3.05) is 13.7 Å². The average molecular weight is 248 g/mol. The number of para-hydroxylation sites is 1. The minimum Gasteiger partial charge on any atom is -0.496 e. The predicted molar refractivity (Wildman–Crippen MR) is 69.8 cm³/mol. The second kappa shape index (κ2) is 6.01. The summed E-state index contributed by atoms with van der Waals surface area (Å²) < 4.78 is 10.9. The molecule has 1 saturated heterocycles. The lowest BCUT2D eigenvalue weighted by Gasteiger charge is -2.16. The van der Waals surface area contributed by atoms with Crippen LogP contribution in [0.15, 0.2) is 24.3 Å². The molecule has 0 bridgehead atoms. The predicted octanol–water partition coefficient (Wildman–Crippen LogP) is 2.62. The van der Waals surface area contributed by atoms with Crippen LogP contribution in [0.5, 0.6) is 5.75 Å². The lowest BCUT2D eigenvalue weighted by Crippen LogP contribution is -2.25. The number of methoxy groups -OCH3 is 1. The molecule has 0 spiro atoms. The van der Waals surface area contributed by atoms with E-state index in [0.29, 0.717) is 13.0 Å². The minimum atomic E-state index is 0.0555. The summed E-state index contributed by atoms with van der Waals surface area (Å²) in [5.74, 6) is 1.11. The number of ether oxygens (including phenoxy) is 2. The smallest absolute Gasteiger partial charge is 0.143 e. The van der Waals surface area contributed by atoms with Gasteiger partial charge in [-0.3, -0.25) is 4.79 Å². The first-order chi connectivity index (χ1) is 8.76. The van der Waals surface area contributed by atoms with E-state index in [0.717, 1.165) is 24.2 Å². The maximum absolute atomic E-state index is 12.3. The summed E-state index contributed by atoms with van der Waals surface area (Å²) in [6, 6.07) is 7.70. The molecule has 3 nitrogen and oxygen atoms in total. The van der Waals surface area contributed by atoms with Crippen LogP contribution in [0.25, 0.3) is 0 Å². The summed E-state index contributed by atoms with van der Waals surface area (Å²) in [6.45, 7) is 2.78. The van der Waals surface area contributed by atoms with E-state index in [1.54, 1.807) is 7.11 Å². The molecule has 3 heteroatoms. The molecule has 0 saturated carbocycles. The Labute approximate surface area is 108 Å². The molecule has 1 aliphatic rings. The quantitative estimate of drug-likeness (QED) is 0.803. The molecule has 98 valence electrons. The number of hydrogen-bond donors (Lipinski definition) is 0. The maximum atomic E-state index is 12.3. The van der Waals surface area contributed by atoms with Crippen LogP contribution in [-0.2, 0) is 16.0 Å². The topological polar surface area (TPSA) is 35.5 Å². The maximum Gasteiger partial charge on any atom is 0.143 e.